The van der Waals surface area contributed by atoms with Gasteiger partial charge in [0.05, 0.1) is 6.04 Å². The topological polar surface area (TPSA) is 46.3 Å². The van der Waals surface area contributed by atoms with Crippen molar-refractivity contribution in [3.05, 3.63) is 71.3 Å². The maximum atomic E-state index is 12.7. The van der Waals surface area contributed by atoms with Gasteiger partial charge in [-0.25, -0.2) is 0 Å². The molecule has 2 aromatic rings. The molecule has 0 bridgehead atoms. The molecule has 0 radical (unpaired) electrons. The number of likely N-dealkylation sites (tertiary alicyclic amines) is 1. The van der Waals surface area contributed by atoms with E-state index in [1.54, 1.807) is 0 Å². The molecular weight excluding hydrogens is 320 g/mol. The zero-order chi connectivity index (χ0) is 16.2. The Bertz CT molecular complexity index is 674. The Kier molecular flexibility index (Phi) is 6.41. The van der Waals surface area contributed by atoms with Gasteiger partial charge in [0.1, 0.15) is 0 Å². The van der Waals surface area contributed by atoms with Gasteiger partial charge in [0.25, 0.3) is 0 Å². The smallest absolute Gasteiger partial charge is 0.224 e. The standard InChI is InChI=1S/C20H24N2O.ClH/c1-15-7-5-10-17(13-15)19-11-6-12-22(19)20(23)14-18(21)16-8-3-2-4-9-16;/h2-5,7-10,13,18-19H,6,11-12,14,21H2,1H3;1H. The molecule has 128 valence electrons. The first-order chi connectivity index (χ1) is 11.1. The van der Waals surface area contributed by atoms with E-state index in [1.165, 1.54) is 11.1 Å². The molecule has 0 spiro atoms. The SMILES string of the molecule is Cc1cccc(C2CCCN2C(=O)CC(N)c2ccccc2)c1.Cl. The van der Waals surface area contributed by atoms with Crippen molar-refractivity contribution in [2.24, 2.45) is 5.73 Å². The van der Waals surface area contributed by atoms with Crippen molar-refractivity contribution in [2.45, 2.75) is 38.3 Å². The molecule has 0 aromatic heterocycles. The fraction of sp³-hybridized carbons (Fsp3) is 0.350. The summed E-state index contributed by atoms with van der Waals surface area (Å²) in [7, 11) is 0. The number of nitrogens with zero attached hydrogens (tertiary/aromatic N) is 1. The lowest BCUT2D eigenvalue weighted by atomic mass is 10.0. The van der Waals surface area contributed by atoms with Crippen LogP contribution in [-0.2, 0) is 4.79 Å². The normalized spacial score (nSPS) is 18.1. The third kappa shape index (κ3) is 4.16. The number of benzene rings is 2. The predicted octanol–water partition coefficient (Wildman–Crippen LogP) is 4.17. The molecular formula is C20H25ClN2O. The van der Waals surface area contributed by atoms with Gasteiger partial charge in [-0.05, 0) is 30.9 Å². The van der Waals surface area contributed by atoms with E-state index in [0.29, 0.717) is 6.42 Å². The van der Waals surface area contributed by atoms with Gasteiger partial charge in [-0.3, -0.25) is 4.79 Å². The molecule has 2 N–H and O–H groups in total. The third-order valence-corrected chi connectivity index (χ3v) is 4.62. The Morgan fingerprint density at radius 2 is 1.96 bits per heavy atom. The predicted molar refractivity (Wildman–Crippen MR) is 100 cm³/mol. The zero-order valence-corrected chi connectivity index (χ0v) is 14.8. The first kappa shape index (κ1) is 18.5. The average molecular weight is 345 g/mol. The summed E-state index contributed by atoms with van der Waals surface area (Å²) >= 11 is 0. The number of halogens is 1. The Balaban J connectivity index is 0.00000208. The first-order valence-corrected chi connectivity index (χ1v) is 8.31. The Morgan fingerprint density at radius 3 is 2.67 bits per heavy atom. The van der Waals surface area contributed by atoms with Crippen LogP contribution in [0.2, 0.25) is 0 Å². The van der Waals surface area contributed by atoms with Crippen LogP contribution >= 0.6 is 12.4 Å². The van der Waals surface area contributed by atoms with Crippen LogP contribution < -0.4 is 5.73 Å². The average Bonchev–Trinajstić information content (AvgIpc) is 3.05. The van der Waals surface area contributed by atoms with Crippen LogP contribution in [0.5, 0.6) is 0 Å². The Labute approximate surface area is 150 Å². The number of aryl methyl sites for hydroxylation is 1. The molecule has 3 rings (SSSR count). The molecule has 1 amide bonds. The number of rotatable bonds is 4. The van der Waals surface area contributed by atoms with Crippen molar-refractivity contribution in [3.63, 3.8) is 0 Å². The van der Waals surface area contributed by atoms with E-state index in [4.69, 9.17) is 5.73 Å². The first-order valence-electron chi connectivity index (χ1n) is 8.31. The number of nitrogens with two attached hydrogens (primary N) is 1. The van der Waals surface area contributed by atoms with E-state index in [0.717, 1.165) is 24.9 Å². The molecule has 24 heavy (non-hydrogen) atoms. The summed E-state index contributed by atoms with van der Waals surface area (Å²) in [5, 5.41) is 0. The highest BCUT2D eigenvalue weighted by Crippen LogP contribution is 2.33. The van der Waals surface area contributed by atoms with Gasteiger partial charge < -0.3 is 10.6 Å². The molecule has 1 aliphatic heterocycles. The van der Waals surface area contributed by atoms with Gasteiger partial charge in [0.15, 0.2) is 0 Å². The molecule has 0 saturated carbocycles. The molecule has 2 aromatic carbocycles. The highest BCUT2D eigenvalue weighted by Gasteiger charge is 2.30. The zero-order valence-electron chi connectivity index (χ0n) is 14.0. The second-order valence-electron chi connectivity index (χ2n) is 6.38. The monoisotopic (exact) mass is 344 g/mol. The fourth-order valence-corrected chi connectivity index (χ4v) is 3.41. The highest BCUT2D eigenvalue weighted by molar-refractivity contribution is 5.85. The summed E-state index contributed by atoms with van der Waals surface area (Å²) in [5.41, 5.74) is 9.72. The minimum atomic E-state index is -0.234. The van der Waals surface area contributed by atoms with Crippen LogP contribution in [0.3, 0.4) is 0 Å². The van der Waals surface area contributed by atoms with E-state index in [-0.39, 0.29) is 30.4 Å². The van der Waals surface area contributed by atoms with E-state index in [2.05, 4.69) is 31.2 Å². The van der Waals surface area contributed by atoms with Crippen molar-refractivity contribution in [1.82, 2.24) is 4.90 Å². The van der Waals surface area contributed by atoms with Gasteiger partial charge in [-0.15, -0.1) is 12.4 Å². The van der Waals surface area contributed by atoms with Gasteiger partial charge in [0, 0.05) is 19.0 Å². The molecule has 0 aliphatic carbocycles. The lowest BCUT2D eigenvalue weighted by Gasteiger charge is -2.26. The van der Waals surface area contributed by atoms with Crippen LogP contribution in [0.25, 0.3) is 0 Å². The number of hydrogen-bond donors (Lipinski definition) is 1. The number of amides is 1. The number of hydrogen-bond acceptors (Lipinski definition) is 2. The third-order valence-electron chi connectivity index (χ3n) is 4.62. The van der Waals surface area contributed by atoms with E-state index in [9.17, 15) is 4.79 Å². The van der Waals surface area contributed by atoms with Crippen molar-refractivity contribution in [3.8, 4) is 0 Å². The van der Waals surface area contributed by atoms with Crippen molar-refractivity contribution >= 4 is 18.3 Å². The molecule has 1 aliphatic rings. The Morgan fingerprint density at radius 1 is 1.21 bits per heavy atom. The second kappa shape index (κ2) is 8.32. The molecule has 1 fully saturated rings. The van der Waals surface area contributed by atoms with Crippen LogP contribution in [0.15, 0.2) is 54.6 Å². The maximum absolute atomic E-state index is 12.7. The summed E-state index contributed by atoms with van der Waals surface area (Å²) in [6.07, 6.45) is 2.47. The molecule has 2 atom stereocenters. The van der Waals surface area contributed by atoms with Crippen molar-refractivity contribution < 1.29 is 4.79 Å². The lowest BCUT2D eigenvalue weighted by Crippen LogP contribution is -2.33. The van der Waals surface area contributed by atoms with Crippen LogP contribution in [0.1, 0.15) is 48.0 Å². The van der Waals surface area contributed by atoms with E-state index < -0.39 is 0 Å². The van der Waals surface area contributed by atoms with Crippen LogP contribution in [0.4, 0.5) is 0 Å². The summed E-state index contributed by atoms with van der Waals surface area (Å²) in [5.74, 6) is 0.158. The van der Waals surface area contributed by atoms with E-state index >= 15 is 0 Å². The minimum absolute atomic E-state index is 0. The summed E-state index contributed by atoms with van der Waals surface area (Å²) in [6, 6.07) is 18.3. The maximum Gasteiger partial charge on any atom is 0.224 e. The molecule has 4 heteroatoms. The van der Waals surface area contributed by atoms with Crippen molar-refractivity contribution in [1.29, 1.82) is 0 Å². The van der Waals surface area contributed by atoms with E-state index in [1.807, 2.05) is 35.2 Å². The van der Waals surface area contributed by atoms with Gasteiger partial charge in [-0.2, -0.15) is 0 Å². The second-order valence-corrected chi connectivity index (χ2v) is 6.38. The van der Waals surface area contributed by atoms with Gasteiger partial charge in [-0.1, -0.05) is 60.2 Å². The summed E-state index contributed by atoms with van der Waals surface area (Å²) < 4.78 is 0. The van der Waals surface area contributed by atoms with Gasteiger partial charge >= 0.3 is 0 Å². The lowest BCUT2D eigenvalue weighted by molar-refractivity contribution is -0.132. The van der Waals surface area contributed by atoms with Crippen LogP contribution in [-0.4, -0.2) is 17.4 Å². The summed E-state index contributed by atoms with van der Waals surface area (Å²) in [6.45, 7) is 2.93. The Hall–Kier alpha value is -1.84. The molecule has 2 unspecified atom stereocenters. The number of carbonyl (C=O) groups excluding carboxylic acids is 1. The van der Waals surface area contributed by atoms with Crippen LogP contribution in [0, 0.1) is 6.92 Å². The minimum Gasteiger partial charge on any atom is -0.336 e. The molecule has 1 saturated heterocycles. The molecule has 3 nitrogen and oxygen atoms in total. The highest BCUT2D eigenvalue weighted by atomic mass is 35.5. The van der Waals surface area contributed by atoms with Gasteiger partial charge in [0.2, 0.25) is 5.91 Å². The largest absolute Gasteiger partial charge is 0.336 e. The van der Waals surface area contributed by atoms with Crippen molar-refractivity contribution in [2.75, 3.05) is 6.54 Å². The summed E-state index contributed by atoms with van der Waals surface area (Å²) in [4.78, 5) is 14.8. The fourth-order valence-electron chi connectivity index (χ4n) is 3.41. The molecule has 1 heterocycles. The number of carbonyl (C=O) groups is 1. The quantitative estimate of drug-likeness (QED) is 0.904.